The summed E-state index contributed by atoms with van der Waals surface area (Å²) in [7, 11) is -4.37. The number of unbranched alkanes of at least 4 members (excludes halogenated alkanes) is 34. The monoisotopic (exact) mass is 832 g/mol. The predicted octanol–water partition coefficient (Wildman–Crippen LogP) is 14.4. The van der Waals surface area contributed by atoms with Gasteiger partial charge in [0.25, 0.3) is 0 Å². The van der Waals surface area contributed by atoms with Crippen LogP contribution in [-0.4, -0.2) is 49.3 Å². The van der Waals surface area contributed by atoms with Crippen molar-refractivity contribution in [1.82, 2.24) is 0 Å². The van der Waals surface area contributed by atoms with Gasteiger partial charge in [0.15, 0.2) is 6.10 Å². The second-order valence-corrected chi connectivity index (χ2v) is 18.2. The zero-order chi connectivity index (χ0) is 41.8. The molecule has 0 aliphatic heterocycles. The number of hydrogen-bond acceptors (Lipinski definition) is 8. The Morgan fingerprint density at radius 1 is 0.456 bits per heavy atom. The van der Waals surface area contributed by atoms with E-state index in [4.69, 9.17) is 24.3 Å². The maximum atomic E-state index is 12.6. The molecule has 0 amide bonds. The Morgan fingerprint density at radius 3 is 1.07 bits per heavy atom. The molecule has 0 rings (SSSR count). The third kappa shape index (κ3) is 44.4. The Labute approximate surface area is 352 Å². The lowest BCUT2D eigenvalue weighted by molar-refractivity contribution is -0.161. The molecule has 0 fully saturated rings. The first-order valence-electron chi connectivity index (χ1n) is 24.5. The fourth-order valence-corrected chi connectivity index (χ4v) is 8.11. The maximum Gasteiger partial charge on any atom is 0.472 e. The molecule has 0 heterocycles. The topological polar surface area (TPSA) is 134 Å². The van der Waals surface area contributed by atoms with Crippen molar-refractivity contribution in [2.24, 2.45) is 5.73 Å². The summed E-state index contributed by atoms with van der Waals surface area (Å²) in [4.78, 5) is 35.0. The van der Waals surface area contributed by atoms with Crippen LogP contribution in [-0.2, 0) is 32.7 Å². The van der Waals surface area contributed by atoms with Crippen molar-refractivity contribution < 1.29 is 37.6 Å². The molecule has 57 heavy (non-hydrogen) atoms. The fraction of sp³-hybridized carbons (Fsp3) is 0.957. The molecular formula is C47H94NO8P. The van der Waals surface area contributed by atoms with Gasteiger partial charge in [-0.05, 0) is 12.8 Å². The Bertz CT molecular complexity index is 907. The quantitative estimate of drug-likeness (QED) is 0.0349. The molecule has 0 bridgehead atoms. The van der Waals surface area contributed by atoms with Crippen molar-refractivity contribution in [2.45, 2.75) is 264 Å². The number of carbonyl (C=O) groups excluding carboxylic acids is 2. The standard InChI is InChI=1S/C47H94NO8P/c1-3-5-7-9-11-13-15-17-19-21-22-23-24-26-28-30-32-34-36-38-40-47(50)56-45(44-55-57(51,52)54-42-41-48)43-53-46(49)39-37-35-33-31-29-27-25-20-18-16-14-12-10-8-6-4-2/h45H,3-44,48H2,1-2H3,(H,51,52). The van der Waals surface area contributed by atoms with E-state index >= 15 is 0 Å². The van der Waals surface area contributed by atoms with Crippen molar-refractivity contribution in [3.63, 3.8) is 0 Å². The molecule has 0 aliphatic carbocycles. The summed E-state index contributed by atoms with van der Waals surface area (Å²) in [6, 6.07) is 0. The lowest BCUT2D eigenvalue weighted by Gasteiger charge is -2.19. The van der Waals surface area contributed by atoms with Gasteiger partial charge in [-0.3, -0.25) is 18.6 Å². The number of nitrogens with two attached hydrogens (primary N) is 1. The van der Waals surface area contributed by atoms with Crippen LogP contribution in [0.2, 0.25) is 0 Å². The summed E-state index contributed by atoms with van der Waals surface area (Å²) in [6.45, 7) is 3.80. The average Bonchev–Trinajstić information content (AvgIpc) is 3.20. The molecule has 0 aromatic carbocycles. The normalized spacial score (nSPS) is 13.1. The number of phosphoric ester groups is 1. The van der Waals surface area contributed by atoms with Crippen LogP contribution in [0, 0.1) is 0 Å². The van der Waals surface area contributed by atoms with Gasteiger partial charge in [-0.1, -0.05) is 232 Å². The van der Waals surface area contributed by atoms with Crippen LogP contribution in [0.1, 0.15) is 258 Å². The summed E-state index contributed by atoms with van der Waals surface area (Å²) in [5.74, 6) is -0.808. The van der Waals surface area contributed by atoms with E-state index in [2.05, 4.69) is 13.8 Å². The second kappa shape index (κ2) is 44.6. The minimum atomic E-state index is -4.37. The molecule has 0 saturated carbocycles. The number of rotatable bonds is 47. The van der Waals surface area contributed by atoms with Gasteiger partial charge in [0, 0.05) is 19.4 Å². The van der Waals surface area contributed by atoms with Crippen molar-refractivity contribution in [1.29, 1.82) is 0 Å². The average molecular weight is 832 g/mol. The number of ether oxygens (including phenoxy) is 2. The van der Waals surface area contributed by atoms with E-state index in [1.54, 1.807) is 0 Å². The number of hydrogen-bond donors (Lipinski definition) is 2. The number of phosphoric acid groups is 1. The van der Waals surface area contributed by atoms with E-state index in [-0.39, 0.29) is 38.6 Å². The molecule has 0 aliphatic rings. The maximum absolute atomic E-state index is 12.6. The second-order valence-electron chi connectivity index (χ2n) is 16.7. The van der Waals surface area contributed by atoms with Gasteiger partial charge in [0.1, 0.15) is 6.61 Å². The molecule has 2 atom stereocenters. The van der Waals surface area contributed by atoms with Crippen molar-refractivity contribution in [2.75, 3.05) is 26.4 Å². The summed E-state index contributed by atoms with van der Waals surface area (Å²) < 4.78 is 32.9. The fourth-order valence-electron chi connectivity index (χ4n) is 7.34. The van der Waals surface area contributed by atoms with Gasteiger partial charge in [-0.25, -0.2) is 4.57 Å². The summed E-state index contributed by atoms with van der Waals surface area (Å²) in [6.07, 6.45) is 45.6. The molecule has 10 heteroatoms. The molecule has 2 unspecified atom stereocenters. The van der Waals surface area contributed by atoms with Crippen LogP contribution in [0.4, 0.5) is 0 Å². The van der Waals surface area contributed by atoms with Crippen LogP contribution >= 0.6 is 7.82 Å². The summed E-state index contributed by atoms with van der Waals surface area (Å²) in [5.41, 5.74) is 5.36. The molecule has 0 saturated heterocycles. The van der Waals surface area contributed by atoms with Gasteiger partial charge in [0.05, 0.1) is 13.2 Å². The zero-order valence-corrected chi connectivity index (χ0v) is 38.5. The first kappa shape index (κ1) is 56.0. The lowest BCUT2D eigenvalue weighted by Crippen LogP contribution is -2.29. The molecule has 0 aromatic heterocycles. The third-order valence-corrected chi connectivity index (χ3v) is 12.0. The third-order valence-electron chi connectivity index (χ3n) is 11.0. The molecule has 3 N–H and O–H groups in total. The van der Waals surface area contributed by atoms with Gasteiger partial charge in [0.2, 0.25) is 0 Å². The van der Waals surface area contributed by atoms with E-state index in [9.17, 15) is 19.0 Å². The molecule has 340 valence electrons. The zero-order valence-electron chi connectivity index (χ0n) is 37.6. The summed E-state index contributed by atoms with van der Waals surface area (Å²) in [5, 5.41) is 0. The highest BCUT2D eigenvalue weighted by Gasteiger charge is 2.26. The van der Waals surface area contributed by atoms with Crippen molar-refractivity contribution in [3.05, 3.63) is 0 Å². The Balaban J connectivity index is 4.01. The Hall–Kier alpha value is -0.990. The lowest BCUT2D eigenvalue weighted by atomic mass is 10.0. The first-order chi connectivity index (χ1) is 27.8. The highest BCUT2D eigenvalue weighted by atomic mass is 31.2. The van der Waals surface area contributed by atoms with E-state index in [0.717, 1.165) is 32.1 Å². The van der Waals surface area contributed by atoms with Crippen molar-refractivity contribution >= 4 is 19.8 Å². The molecular weight excluding hydrogens is 737 g/mol. The van der Waals surface area contributed by atoms with Crippen LogP contribution in [0.15, 0.2) is 0 Å². The van der Waals surface area contributed by atoms with Gasteiger partial charge < -0.3 is 20.1 Å². The molecule has 9 nitrogen and oxygen atoms in total. The largest absolute Gasteiger partial charge is 0.472 e. The Kier molecular flexibility index (Phi) is 43.8. The number of esters is 2. The smallest absolute Gasteiger partial charge is 0.462 e. The van der Waals surface area contributed by atoms with Crippen LogP contribution in [0.3, 0.4) is 0 Å². The minimum Gasteiger partial charge on any atom is -0.462 e. The highest BCUT2D eigenvalue weighted by molar-refractivity contribution is 7.47. The van der Waals surface area contributed by atoms with Gasteiger partial charge >= 0.3 is 19.8 Å². The molecule has 0 radical (unpaired) electrons. The van der Waals surface area contributed by atoms with Gasteiger partial charge in [-0.2, -0.15) is 0 Å². The van der Waals surface area contributed by atoms with E-state index in [0.29, 0.717) is 6.42 Å². The van der Waals surface area contributed by atoms with Gasteiger partial charge in [-0.15, -0.1) is 0 Å². The Morgan fingerprint density at radius 2 is 0.754 bits per heavy atom. The SMILES string of the molecule is CCCCCCCCCCCCCCCCCCCCCCC(=O)OC(COC(=O)CCCCCCCCCCCCCCCCCC)COP(=O)(O)OCCN. The van der Waals surface area contributed by atoms with Crippen LogP contribution in [0.5, 0.6) is 0 Å². The molecule has 0 aromatic rings. The first-order valence-corrected chi connectivity index (χ1v) is 26.0. The van der Waals surface area contributed by atoms with Crippen LogP contribution in [0.25, 0.3) is 0 Å². The van der Waals surface area contributed by atoms with E-state index < -0.39 is 26.5 Å². The van der Waals surface area contributed by atoms with Crippen molar-refractivity contribution in [3.8, 4) is 0 Å². The highest BCUT2D eigenvalue weighted by Crippen LogP contribution is 2.43. The minimum absolute atomic E-state index is 0.0583. The summed E-state index contributed by atoms with van der Waals surface area (Å²) >= 11 is 0. The van der Waals surface area contributed by atoms with E-state index in [1.807, 2.05) is 0 Å². The predicted molar refractivity (Wildman–Crippen MR) is 238 cm³/mol. The van der Waals surface area contributed by atoms with Crippen LogP contribution < -0.4 is 5.73 Å². The van der Waals surface area contributed by atoms with E-state index in [1.165, 1.54) is 193 Å². The number of carbonyl (C=O) groups is 2. The molecule has 0 spiro atoms.